The number of hydrogen-bond donors (Lipinski definition) is 2. The highest BCUT2D eigenvalue weighted by molar-refractivity contribution is 7.92. The first kappa shape index (κ1) is 15.4. The number of aromatic nitrogens is 2. The highest BCUT2D eigenvalue weighted by atomic mass is 32.2. The van der Waals surface area contributed by atoms with Crippen LogP contribution >= 0.6 is 0 Å². The second-order valence-corrected chi connectivity index (χ2v) is 7.25. The minimum absolute atomic E-state index is 0.0407. The van der Waals surface area contributed by atoms with Crippen molar-refractivity contribution in [2.24, 2.45) is 0 Å². The molecule has 0 spiro atoms. The number of sulfone groups is 1. The van der Waals surface area contributed by atoms with E-state index in [0.29, 0.717) is 12.8 Å². The summed E-state index contributed by atoms with van der Waals surface area (Å²) in [5.74, 6) is 0.459. The maximum Gasteiger partial charge on any atom is 0.332 e. The zero-order valence-electron chi connectivity index (χ0n) is 11.8. The van der Waals surface area contributed by atoms with Crippen molar-refractivity contribution >= 4 is 27.3 Å². The maximum absolute atomic E-state index is 11.8. The molecule has 2 heterocycles. The lowest BCUT2D eigenvalue weighted by Crippen LogP contribution is -2.26. The van der Waals surface area contributed by atoms with E-state index < -0.39 is 20.0 Å². The van der Waals surface area contributed by atoms with E-state index in [0.717, 1.165) is 0 Å². The maximum atomic E-state index is 11.8. The van der Waals surface area contributed by atoms with Gasteiger partial charge in [-0.2, -0.15) is 4.98 Å². The largest absolute Gasteiger partial charge is 0.363 e. The third-order valence-corrected chi connectivity index (χ3v) is 5.70. The molecule has 1 aromatic heterocycles. The molecule has 116 valence electrons. The van der Waals surface area contributed by atoms with Crippen LogP contribution < -0.4 is 10.6 Å². The molecule has 1 fully saturated rings. The molecule has 0 bridgehead atoms. The van der Waals surface area contributed by atoms with Crippen LogP contribution in [0, 0.1) is 17.0 Å². The molecule has 2 N–H and O–H groups in total. The number of rotatable bonds is 5. The number of hydrogen-bond acceptors (Lipinski definition) is 8. The van der Waals surface area contributed by atoms with Crippen LogP contribution in [0.5, 0.6) is 0 Å². The van der Waals surface area contributed by atoms with Crippen molar-refractivity contribution in [2.75, 3.05) is 30.0 Å². The van der Waals surface area contributed by atoms with Gasteiger partial charge in [0.05, 0.1) is 15.9 Å². The van der Waals surface area contributed by atoms with E-state index in [4.69, 9.17) is 0 Å². The summed E-state index contributed by atoms with van der Waals surface area (Å²) in [7, 11) is -1.50. The highest BCUT2D eigenvalue weighted by Crippen LogP contribution is 2.27. The summed E-state index contributed by atoms with van der Waals surface area (Å²) in [6.07, 6.45) is 1.19. The molecular formula is C11H17N5O4S. The Bertz CT molecular complexity index is 661. The first-order valence-corrected chi connectivity index (χ1v) is 8.23. The standard InChI is InChI=1S/C11H17N5O4S/c1-7-9(16(17)18)10(15-11(12-2)14-7)13-6-8-4-3-5-21(8,19)20/h8H,3-6H2,1-2H3,(H2,12,13,14,15). The molecule has 10 heteroatoms. The SMILES string of the molecule is CNc1nc(C)c([N+](=O)[O-])c(NCC2CCCS2(=O)=O)n1. The third-order valence-electron chi connectivity index (χ3n) is 3.42. The number of anilines is 2. The highest BCUT2D eigenvalue weighted by Gasteiger charge is 2.32. The Morgan fingerprint density at radius 1 is 1.43 bits per heavy atom. The van der Waals surface area contributed by atoms with Crippen LogP contribution in [0.3, 0.4) is 0 Å². The molecule has 1 atom stereocenters. The van der Waals surface area contributed by atoms with Gasteiger partial charge in [-0.1, -0.05) is 0 Å². The van der Waals surface area contributed by atoms with Gasteiger partial charge in [0.15, 0.2) is 9.84 Å². The number of nitro groups is 1. The molecular weight excluding hydrogens is 298 g/mol. The van der Waals surface area contributed by atoms with Gasteiger partial charge in [0.2, 0.25) is 11.8 Å². The van der Waals surface area contributed by atoms with Crippen LogP contribution in [0.25, 0.3) is 0 Å². The average molecular weight is 315 g/mol. The van der Waals surface area contributed by atoms with Crippen molar-refractivity contribution in [3.05, 3.63) is 15.8 Å². The molecule has 0 amide bonds. The predicted octanol–water partition coefficient (Wildman–Crippen LogP) is 0.724. The Balaban J connectivity index is 2.26. The molecule has 1 unspecified atom stereocenters. The zero-order chi connectivity index (χ0) is 15.6. The van der Waals surface area contributed by atoms with Gasteiger partial charge in [0.25, 0.3) is 0 Å². The summed E-state index contributed by atoms with van der Waals surface area (Å²) in [5, 5.41) is 16.1. The van der Waals surface area contributed by atoms with Crippen molar-refractivity contribution in [3.8, 4) is 0 Å². The van der Waals surface area contributed by atoms with Crippen LogP contribution in [0.15, 0.2) is 0 Å². The number of nitrogens with one attached hydrogen (secondary N) is 2. The van der Waals surface area contributed by atoms with Gasteiger partial charge in [0.1, 0.15) is 5.69 Å². The Hall–Kier alpha value is -1.97. The van der Waals surface area contributed by atoms with Crippen molar-refractivity contribution in [1.29, 1.82) is 0 Å². The quantitative estimate of drug-likeness (QED) is 0.601. The first-order chi connectivity index (χ1) is 9.85. The lowest BCUT2D eigenvalue weighted by Gasteiger charge is -2.12. The van der Waals surface area contributed by atoms with Crippen molar-refractivity contribution in [2.45, 2.75) is 25.0 Å². The third kappa shape index (κ3) is 3.20. The summed E-state index contributed by atoms with van der Waals surface area (Å²) < 4.78 is 23.5. The molecule has 21 heavy (non-hydrogen) atoms. The van der Waals surface area contributed by atoms with Crippen LogP contribution in [0.4, 0.5) is 17.5 Å². The Morgan fingerprint density at radius 2 is 2.14 bits per heavy atom. The van der Waals surface area contributed by atoms with E-state index in [-0.39, 0.29) is 35.4 Å². The number of nitrogens with zero attached hydrogens (tertiary/aromatic N) is 3. The van der Waals surface area contributed by atoms with Crippen LogP contribution in [0.2, 0.25) is 0 Å². The monoisotopic (exact) mass is 315 g/mol. The minimum atomic E-state index is -3.11. The van der Waals surface area contributed by atoms with E-state index in [1.54, 1.807) is 7.05 Å². The Kier molecular flexibility index (Phi) is 4.26. The normalized spacial score (nSPS) is 20.2. The van der Waals surface area contributed by atoms with Gasteiger partial charge in [0, 0.05) is 13.6 Å². The Morgan fingerprint density at radius 3 is 2.67 bits per heavy atom. The van der Waals surface area contributed by atoms with Gasteiger partial charge in [-0.05, 0) is 19.8 Å². The molecule has 1 aliphatic heterocycles. The summed E-state index contributed by atoms with van der Waals surface area (Å²) >= 11 is 0. The molecule has 0 aliphatic carbocycles. The predicted molar refractivity (Wildman–Crippen MR) is 78.3 cm³/mol. The van der Waals surface area contributed by atoms with E-state index in [2.05, 4.69) is 20.6 Å². The second kappa shape index (κ2) is 5.80. The second-order valence-electron chi connectivity index (χ2n) is 4.85. The van der Waals surface area contributed by atoms with E-state index in [1.165, 1.54) is 6.92 Å². The first-order valence-electron chi connectivity index (χ1n) is 6.51. The summed E-state index contributed by atoms with van der Waals surface area (Å²) in [5.41, 5.74) is -0.0134. The van der Waals surface area contributed by atoms with Crippen molar-refractivity contribution < 1.29 is 13.3 Å². The van der Waals surface area contributed by atoms with Crippen LogP contribution in [-0.2, 0) is 9.84 Å². The van der Waals surface area contributed by atoms with Gasteiger partial charge in [-0.15, -0.1) is 0 Å². The molecule has 1 aromatic rings. The summed E-state index contributed by atoms with van der Waals surface area (Å²) in [6, 6.07) is 0. The smallest absolute Gasteiger partial charge is 0.332 e. The molecule has 1 saturated heterocycles. The lowest BCUT2D eigenvalue weighted by molar-refractivity contribution is -0.385. The molecule has 9 nitrogen and oxygen atoms in total. The summed E-state index contributed by atoms with van der Waals surface area (Å²) in [6.45, 7) is 1.63. The molecule has 0 saturated carbocycles. The van der Waals surface area contributed by atoms with Crippen LogP contribution in [-0.4, -0.2) is 47.9 Å². The summed E-state index contributed by atoms with van der Waals surface area (Å²) in [4.78, 5) is 18.5. The van der Waals surface area contributed by atoms with Gasteiger partial charge in [-0.3, -0.25) is 10.1 Å². The number of aryl methyl sites for hydroxylation is 1. The van der Waals surface area contributed by atoms with Crippen molar-refractivity contribution in [1.82, 2.24) is 9.97 Å². The van der Waals surface area contributed by atoms with Gasteiger partial charge < -0.3 is 10.6 Å². The topological polar surface area (TPSA) is 127 Å². The lowest BCUT2D eigenvalue weighted by atomic mass is 10.2. The minimum Gasteiger partial charge on any atom is -0.363 e. The fraction of sp³-hybridized carbons (Fsp3) is 0.636. The van der Waals surface area contributed by atoms with Crippen molar-refractivity contribution in [3.63, 3.8) is 0 Å². The Labute approximate surface area is 122 Å². The fourth-order valence-corrected chi connectivity index (χ4v) is 4.08. The zero-order valence-corrected chi connectivity index (χ0v) is 12.6. The van der Waals surface area contributed by atoms with E-state index in [1.807, 2.05) is 0 Å². The van der Waals surface area contributed by atoms with Crippen LogP contribution in [0.1, 0.15) is 18.5 Å². The average Bonchev–Trinajstić information content (AvgIpc) is 2.74. The molecule has 1 aliphatic rings. The fourth-order valence-electron chi connectivity index (χ4n) is 2.32. The molecule has 2 rings (SSSR count). The van der Waals surface area contributed by atoms with E-state index in [9.17, 15) is 18.5 Å². The molecule has 0 radical (unpaired) electrons. The van der Waals surface area contributed by atoms with Gasteiger partial charge in [-0.25, -0.2) is 13.4 Å². The van der Waals surface area contributed by atoms with Gasteiger partial charge >= 0.3 is 5.69 Å². The molecule has 0 aromatic carbocycles. The van der Waals surface area contributed by atoms with E-state index >= 15 is 0 Å².